The van der Waals surface area contributed by atoms with Gasteiger partial charge in [-0.25, -0.2) is 13.4 Å². The highest BCUT2D eigenvalue weighted by atomic mass is 32.2. The SMILES string of the molecule is CC1(O)CCN(c2ncccc2S(C)(=O)=O)CC1. The Morgan fingerprint density at radius 3 is 2.56 bits per heavy atom. The molecule has 1 aliphatic heterocycles. The van der Waals surface area contributed by atoms with Crippen LogP contribution in [0.4, 0.5) is 5.82 Å². The lowest BCUT2D eigenvalue weighted by atomic mass is 9.94. The number of anilines is 1. The summed E-state index contributed by atoms with van der Waals surface area (Å²) in [7, 11) is -3.28. The number of rotatable bonds is 2. The Morgan fingerprint density at radius 2 is 2.00 bits per heavy atom. The lowest BCUT2D eigenvalue weighted by Gasteiger charge is -2.36. The first-order valence-electron chi connectivity index (χ1n) is 5.92. The fraction of sp³-hybridized carbons (Fsp3) is 0.583. The van der Waals surface area contributed by atoms with Gasteiger partial charge < -0.3 is 10.0 Å². The van der Waals surface area contributed by atoms with E-state index in [4.69, 9.17) is 0 Å². The highest BCUT2D eigenvalue weighted by Gasteiger charge is 2.29. The van der Waals surface area contributed by atoms with E-state index in [-0.39, 0.29) is 4.90 Å². The summed E-state index contributed by atoms with van der Waals surface area (Å²) in [5, 5.41) is 9.90. The zero-order valence-electron chi connectivity index (χ0n) is 10.6. The smallest absolute Gasteiger partial charge is 0.179 e. The molecule has 0 spiro atoms. The summed E-state index contributed by atoms with van der Waals surface area (Å²) in [6.45, 7) is 3.04. The van der Waals surface area contributed by atoms with E-state index in [0.29, 0.717) is 31.7 Å². The zero-order valence-corrected chi connectivity index (χ0v) is 11.4. The third-order valence-electron chi connectivity index (χ3n) is 3.29. The molecule has 0 unspecified atom stereocenters. The molecule has 1 N–H and O–H groups in total. The van der Waals surface area contributed by atoms with Crippen molar-refractivity contribution >= 4 is 15.7 Å². The summed E-state index contributed by atoms with van der Waals surface area (Å²) in [6, 6.07) is 3.20. The first-order chi connectivity index (χ1) is 8.30. The molecule has 6 heteroatoms. The zero-order chi connectivity index (χ0) is 13.4. The van der Waals surface area contributed by atoms with Crippen molar-refractivity contribution in [1.29, 1.82) is 0 Å². The van der Waals surface area contributed by atoms with Crippen LogP contribution in [0.3, 0.4) is 0 Å². The lowest BCUT2D eigenvalue weighted by Crippen LogP contribution is -2.43. The molecule has 1 aromatic heterocycles. The summed E-state index contributed by atoms with van der Waals surface area (Å²) < 4.78 is 23.4. The molecule has 1 aliphatic rings. The van der Waals surface area contributed by atoms with Gasteiger partial charge in [0.25, 0.3) is 0 Å². The van der Waals surface area contributed by atoms with Crippen molar-refractivity contribution in [1.82, 2.24) is 4.98 Å². The van der Waals surface area contributed by atoms with Crippen molar-refractivity contribution in [2.75, 3.05) is 24.2 Å². The van der Waals surface area contributed by atoms with Gasteiger partial charge in [0.2, 0.25) is 0 Å². The van der Waals surface area contributed by atoms with Crippen LogP contribution < -0.4 is 4.90 Å². The van der Waals surface area contributed by atoms with E-state index >= 15 is 0 Å². The lowest BCUT2D eigenvalue weighted by molar-refractivity contribution is 0.0349. The molecule has 1 fully saturated rings. The minimum atomic E-state index is -3.28. The molecule has 5 nitrogen and oxygen atoms in total. The van der Waals surface area contributed by atoms with Gasteiger partial charge >= 0.3 is 0 Å². The number of piperidine rings is 1. The molecule has 2 heterocycles. The van der Waals surface area contributed by atoms with E-state index in [0.717, 1.165) is 0 Å². The number of hydrogen-bond acceptors (Lipinski definition) is 5. The van der Waals surface area contributed by atoms with Crippen LogP contribution in [0.25, 0.3) is 0 Å². The predicted molar refractivity (Wildman–Crippen MR) is 69.4 cm³/mol. The fourth-order valence-corrected chi connectivity index (χ4v) is 2.95. The summed E-state index contributed by atoms with van der Waals surface area (Å²) in [6.07, 6.45) is 4.02. The molecule has 0 radical (unpaired) electrons. The number of aromatic nitrogens is 1. The quantitative estimate of drug-likeness (QED) is 0.862. The van der Waals surface area contributed by atoms with Gasteiger partial charge in [0, 0.05) is 25.5 Å². The van der Waals surface area contributed by atoms with Crippen molar-refractivity contribution < 1.29 is 13.5 Å². The number of pyridine rings is 1. The number of nitrogens with zero attached hydrogens (tertiary/aromatic N) is 2. The van der Waals surface area contributed by atoms with Crippen LogP contribution in [0.5, 0.6) is 0 Å². The maximum absolute atomic E-state index is 11.7. The van der Waals surface area contributed by atoms with Gasteiger partial charge in [0.05, 0.1) is 5.60 Å². The second-order valence-corrected chi connectivity index (χ2v) is 7.07. The number of hydrogen-bond donors (Lipinski definition) is 1. The standard InChI is InChI=1S/C12H18N2O3S/c1-12(15)5-8-14(9-6-12)11-10(18(2,16)17)4-3-7-13-11/h3-4,7,15H,5-6,8-9H2,1-2H3. The van der Waals surface area contributed by atoms with Crippen molar-refractivity contribution in [3.8, 4) is 0 Å². The van der Waals surface area contributed by atoms with Crippen LogP contribution in [0.1, 0.15) is 19.8 Å². The topological polar surface area (TPSA) is 70.5 Å². The van der Waals surface area contributed by atoms with Gasteiger partial charge in [-0.3, -0.25) is 0 Å². The van der Waals surface area contributed by atoms with E-state index < -0.39 is 15.4 Å². The maximum Gasteiger partial charge on any atom is 0.179 e. The van der Waals surface area contributed by atoms with Crippen molar-refractivity contribution in [2.45, 2.75) is 30.3 Å². The maximum atomic E-state index is 11.7. The van der Waals surface area contributed by atoms with Gasteiger partial charge in [-0.1, -0.05) is 0 Å². The predicted octanol–water partition coefficient (Wildman–Crippen LogP) is 0.836. The van der Waals surface area contributed by atoms with Crippen molar-refractivity contribution in [3.63, 3.8) is 0 Å². The molecule has 1 aromatic rings. The third-order valence-corrected chi connectivity index (χ3v) is 4.41. The molecule has 18 heavy (non-hydrogen) atoms. The molecule has 0 aromatic carbocycles. The molecule has 0 bridgehead atoms. The van der Waals surface area contributed by atoms with Crippen LogP contribution in [-0.2, 0) is 9.84 Å². The molecule has 0 atom stereocenters. The average Bonchev–Trinajstić information content (AvgIpc) is 2.28. The Kier molecular flexibility index (Phi) is 3.33. The molecule has 1 saturated heterocycles. The Bertz CT molecular complexity index is 530. The van der Waals surface area contributed by atoms with E-state index in [9.17, 15) is 13.5 Å². The Balaban J connectivity index is 2.30. The molecule has 0 amide bonds. The molecular formula is C12H18N2O3S. The van der Waals surface area contributed by atoms with Crippen LogP contribution in [0.15, 0.2) is 23.2 Å². The molecule has 0 saturated carbocycles. The van der Waals surface area contributed by atoms with Gasteiger partial charge in [-0.15, -0.1) is 0 Å². The summed E-state index contributed by atoms with van der Waals surface area (Å²) in [4.78, 5) is 6.36. The fourth-order valence-electron chi connectivity index (χ4n) is 2.11. The average molecular weight is 270 g/mol. The highest BCUT2D eigenvalue weighted by molar-refractivity contribution is 7.90. The second-order valence-electron chi connectivity index (χ2n) is 5.08. The third kappa shape index (κ3) is 2.81. The summed E-state index contributed by atoms with van der Waals surface area (Å²) >= 11 is 0. The molecule has 0 aliphatic carbocycles. The monoisotopic (exact) mass is 270 g/mol. The summed E-state index contributed by atoms with van der Waals surface area (Å²) in [5.41, 5.74) is -0.656. The van der Waals surface area contributed by atoms with Gasteiger partial charge in [0.1, 0.15) is 10.7 Å². The normalized spacial score (nSPS) is 19.8. The molecular weight excluding hydrogens is 252 g/mol. The van der Waals surface area contributed by atoms with E-state index in [2.05, 4.69) is 4.98 Å². The first kappa shape index (κ1) is 13.3. The Morgan fingerprint density at radius 1 is 1.39 bits per heavy atom. The van der Waals surface area contributed by atoms with E-state index in [1.807, 2.05) is 4.90 Å². The molecule has 2 rings (SSSR count). The van der Waals surface area contributed by atoms with Gasteiger partial charge in [-0.2, -0.15) is 0 Å². The Hall–Kier alpha value is -1.14. The second kappa shape index (κ2) is 4.51. The van der Waals surface area contributed by atoms with E-state index in [1.165, 1.54) is 6.26 Å². The Labute approximate surface area is 107 Å². The largest absolute Gasteiger partial charge is 0.390 e. The van der Waals surface area contributed by atoms with E-state index in [1.54, 1.807) is 25.3 Å². The van der Waals surface area contributed by atoms with Crippen LogP contribution >= 0.6 is 0 Å². The first-order valence-corrected chi connectivity index (χ1v) is 7.81. The van der Waals surface area contributed by atoms with Crippen molar-refractivity contribution in [3.05, 3.63) is 18.3 Å². The van der Waals surface area contributed by atoms with Gasteiger partial charge in [0.15, 0.2) is 9.84 Å². The highest BCUT2D eigenvalue weighted by Crippen LogP contribution is 2.28. The van der Waals surface area contributed by atoms with Crippen molar-refractivity contribution in [2.24, 2.45) is 0 Å². The minimum Gasteiger partial charge on any atom is -0.390 e. The summed E-state index contributed by atoms with van der Waals surface area (Å²) in [5.74, 6) is 0.496. The molecule has 100 valence electrons. The van der Waals surface area contributed by atoms with Gasteiger partial charge in [-0.05, 0) is 31.9 Å². The minimum absolute atomic E-state index is 0.256. The number of aliphatic hydroxyl groups is 1. The number of sulfone groups is 1. The van der Waals surface area contributed by atoms with Crippen LogP contribution in [0.2, 0.25) is 0 Å². The van der Waals surface area contributed by atoms with Crippen LogP contribution in [0, 0.1) is 0 Å². The van der Waals surface area contributed by atoms with Crippen LogP contribution in [-0.4, -0.2) is 43.5 Å².